The molecule has 7 nitrogen and oxygen atoms in total. The monoisotopic (exact) mass is 591 g/mol. The molecule has 5 rings (SSSR count). The van der Waals surface area contributed by atoms with Gasteiger partial charge in [-0.2, -0.15) is 13.2 Å². The van der Waals surface area contributed by atoms with Crippen LogP contribution in [0, 0.1) is 5.92 Å². The fraction of sp³-hybridized carbons (Fsp3) is 0.393. The number of hydrogen-bond acceptors (Lipinski definition) is 8. The van der Waals surface area contributed by atoms with Gasteiger partial charge in [0.1, 0.15) is 17.0 Å². The van der Waals surface area contributed by atoms with Crippen LogP contribution in [-0.2, 0) is 13.0 Å². The van der Waals surface area contributed by atoms with Gasteiger partial charge in [0.2, 0.25) is 0 Å². The predicted octanol–water partition coefficient (Wildman–Crippen LogP) is 5.89. The number of nitrogens with one attached hydrogen (secondary N) is 1. The van der Waals surface area contributed by atoms with E-state index in [-0.39, 0.29) is 16.8 Å². The van der Waals surface area contributed by atoms with Crippen molar-refractivity contribution in [3.63, 3.8) is 0 Å². The largest absolute Gasteiger partial charge is 0.494 e. The second kappa shape index (κ2) is 11.9. The van der Waals surface area contributed by atoms with Gasteiger partial charge in [-0.3, -0.25) is 0 Å². The van der Waals surface area contributed by atoms with Crippen molar-refractivity contribution in [3.05, 3.63) is 64.5 Å². The van der Waals surface area contributed by atoms with Crippen molar-refractivity contribution in [1.29, 1.82) is 0 Å². The molecule has 12 heteroatoms. The first-order valence-electron chi connectivity index (χ1n) is 12.8. The molecule has 40 heavy (non-hydrogen) atoms. The van der Waals surface area contributed by atoms with Gasteiger partial charge in [0.15, 0.2) is 10.9 Å². The fourth-order valence-electron chi connectivity index (χ4n) is 5.19. The average molecular weight is 592 g/mol. The zero-order valence-electron chi connectivity index (χ0n) is 22.0. The number of aliphatic hydroxyl groups is 1. The molecule has 212 valence electrons. The minimum absolute atomic E-state index is 0.00411. The number of hydrogen-bond donors (Lipinski definition) is 2. The zero-order valence-corrected chi connectivity index (χ0v) is 23.5. The van der Waals surface area contributed by atoms with Gasteiger partial charge in [0.25, 0.3) is 0 Å². The lowest BCUT2D eigenvalue weighted by molar-refractivity contribution is -0.126. The van der Waals surface area contributed by atoms with Crippen LogP contribution in [0.4, 0.5) is 19.0 Å². The molecule has 4 aromatic rings. The highest BCUT2D eigenvalue weighted by atomic mass is 35.5. The Morgan fingerprint density at radius 3 is 2.62 bits per heavy atom. The molecule has 3 aromatic heterocycles. The molecule has 3 atom stereocenters. The molecular weight excluding hydrogens is 563 g/mol. The van der Waals surface area contributed by atoms with Crippen LogP contribution < -0.4 is 15.0 Å². The number of alkyl halides is 3. The molecule has 0 bridgehead atoms. The smallest absolute Gasteiger partial charge is 0.393 e. The van der Waals surface area contributed by atoms with E-state index in [9.17, 15) is 18.3 Å². The fourth-order valence-corrected chi connectivity index (χ4v) is 6.39. The molecule has 0 radical (unpaired) electrons. The molecule has 0 amide bonds. The van der Waals surface area contributed by atoms with Crippen LogP contribution in [0.5, 0.6) is 5.75 Å². The molecule has 0 aliphatic heterocycles. The van der Waals surface area contributed by atoms with Crippen LogP contribution in [0.25, 0.3) is 21.3 Å². The van der Waals surface area contributed by atoms with Gasteiger partial charge in [-0.05, 0) is 36.1 Å². The molecule has 1 aliphatic rings. The molecule has 2 N–H and O–H groups in total. The number of nitrogens with zero attached hydrogens (tertiary/aromatic N) is 4. The molecule has 1 aromatic carbocycles. The van der Waals surface area contributed by atoms with E-state index in [1.165, 1.54) is 12.4 Å². The number of halogens is 4. The van der Waals surface area contributed by atoms with Gasteiger partial charge in [-0.15, -0.1) is 11.3 Å². The summed E-state index contributed by atoms with van der Waals surface area (Å²) in [4.78, 5) is 15.3. The molecule has 1 fully saturated rings. The van der Waals surface area contributed by atoms with Crippen LogP contribution in [-0.4, -0.2) is 59.1 Å². The number of pyridine rings is 1. The molecule has 3 unspecified atom stereocenters. The first kappa shape index (κ1) is 28.5. The number of aromatic nitrogens is 3. The lowest BCUT2D eigenvalue weighted by Gasteiger charge is -2.24. The lowest BCUT2D eigenvalue weighted by Crippen LogP contribution is -2.30. The van der Waals surface area contributed by atoms with Crippen molar-refractivity contribution in [3.8, 4) is 16.9 Å². The van der Waals surface area contributed by atoms with Gasteiger partial charge in [-0.1, -0.05) is 35.9 Å². The first-order valence-corrected chi connectivity index (χ1v) is 14.0. The summed E-state index contributed by atoms with van der Waals surface area (Å²) in [6.07, 6.45) is -1.26. The molecular formula is C28H29ClF3N5O2S. The third-order valence-electron chi connectivity index (χ3n) is 7.17. The second-order valence-corrected chi connectivity index (χ2v) is 11.6. The summed E-state index contributed by atoms with van der Waals surface area (Å²) in [5, 5.41) is 15.3. The van der Waals surface area contributed by atoms with E-state index in [2.05, 4.69) is 20.3 Å². The summed E-state index contributed by atoms with van der Waals surface area (Å²) in [6, 6.07) is 11.7. The Kier molecular flexibility index (Phi) is 8.46. The highest BCUT2D eigenvalue weighted by Gasteiger charge is 2.34. The second-order valence-electron chi connectivity index (χ2n) is 10.1. The number of methoxy groups -OCH3 is 1. The Bertz CT molecular complexity index is 1470. The van der Waals surface area contributed by atoms with E-state index in [1.54, 1.807) is 13.3 Å². The summed E-state index contributed by atoms with van der Waals surface area (Å²) in [5.41, 5.74) is 3.02. The SMILES string of the molecule is COc1cc(-c2ccc(CNC3CC(O)C(CN(C)c4ncnc5sc(CC(F)(F)F)cc45)C3)cc2)cnc1Cl. The Hall–Kier alpha value is -2.99. The number of anilines is 1. The molecule has 1 saturated carbocycles. The minimum atomic E-state index is -4.28. The number of thiophene rings is 1. The van der Waals surface area contributed by atoms with Crippen molar-refractivity contribution in [2.75, 3.05) is 25.6 Å². The molecule has 0 spiro atoms. The van der Waals surface area contributed by atoms with Gasteiger partial charge >= 0.3 is 6.18 Å². The standard InChI is InChI=1S/C28H29ClF3N5O2S/c1-37(26-22-10-21(11-28(30,31)32)40-27(22)36-15-35-26)14-19-7-20(9-23(19)38)33-12-16-3-5-17(6-4-16)18-8-24(39-2)25(29)34-13-18/h3-6,8,10,13,15,19-20,23,33,38H,7,9,11-12,14H2,1-2H3. The average Bonchev–Trinajstić information content (AvgIpc) is 3.48. The Labute approximate surface area is 239 Å². The first-order chi connectivity index (χ1) is 19.1. The zero-order chi connectivity index (χ0) is 28.4. The maximum atomic E-state index is 12.9. The maximum Gasteiger partial charge on any atom is 0.393 e. The van der Waals surface area contributed by atoms with E-state index < -0.39 is 18.7 Å². The van der Waals surface area contributed by atoms with E-state index in [1.807, 2.05) is 42.3 Å². The predicted molar refractivity (Wildman–Crippen MR) is 151 cm³/mol. The highest BCUT2D eigenvalue weighted by Crippen LogP contribution is 2.35. The number of aliphatic hydroxyl groups excluding tert-OH is 1. The lowest BCUT2D eigenvalue weighted by atomic mass is 10.0. The maximum absolute atomic E-state index is 12.9. The van der Waals surface area contributed by atoms with E-state index in [4.69, 9.17) is 16.3 Å². The van der Waals surface area contributed by atoms with Crippen LogP contribution in [0.3, 0.4) is 0 Å². The van der Waals surface area contributed by atoms with Crippen molar-refractivity contribution < 1.29 is 23.0 Å². The summed E-state index contributed by atoms with van der Waals surface area (Å²) in [6.45, 7) is 1.19. The minimum Gasteiger partial charge on any atom is -0.494 e. The highest BCUT2D eigenvalue weighted by molar-refractivity contribution is 7.18. The molecule has 3 heterocycles. The number of rotatable bonds is 9. The van der Waals surface area contributed by atoms with Gasteiger partial charge in [0.05, 0.1) is 25.0 Å². The quantitative estimate of drug-likeness (QED) is 0.235. The van der Waals surface area contributed by atoms with Crippen molar-refractivity contribution >= 4 is 39.0 Å². The Balaban J connectivity index is 1.17. The Morgan fingerprint density at radius 1 is 1.12 bits per heavy atom. The summed E-state index contributed by atoms with van der Waals surface area (Å²) in [7, 11) is 3.41. The van der Waals surface area contributed by atoms with Crippen LogP contribution in [0.1, 0.15) is 23.3 Å². The van der Waals surface area contributed by atoms with Crippen molar-refractivity contribution in [2.45, 2.75) is 44.1 Å². The van der Waals surface area contributed by atoms with Crippen LogP contribution in [0.15, 0.2) is 48.9 Å². The third-order valence-corrected chi connectivity index (χ3v) is 8.50. The van der Waals surface area contributed by atoms with E-state index in [0.717, 1.165) is 34.4 Å². The van der Waals surface area contributed by atoms with Crippen molar-refractivity contribution in [1.82, 2.24) is 20.3 Å². The number of ether oxygens (including phenoxy) is 1. The normalized spacial score (nSPS) is 19.3. The van der Waals surface area contributed by atoms with E-state index >= 15 is 0 Å². The summed E-state index contributed by atoms with van der Waals surface area (Å²) < 4.78 is 43.9. The molecule has 0 saturated heterocycles. The summed E-state index contributed by atoms with van der Waals surface area (Å²) in [5.74, 6) is 1.10. The van der Waals surface area contributed by atoms with Gasteiger partial charge in [0, 0.05) is 48.7 Å². The van der Waals surface area contributed by atoms with Gasteiger partial charge < -0.3 is 20.1 Å². The number of fused-ring (bicyclic) bond motifs is 1. The van der Waals surface area contributed by atoms with Crippen molar-refractivity contribution in [2.24, 2.45) is 5.92 Å². The van der Waals surface area contributed by atoms with Crippen LogP contribution in [0.2, 0.25) is 5.15 Å². The topological polar surface area (TPSA) is 83.4 Å². The summed E-state index contributed by atoms with van der Waals surface area (Å²) >= 11 is 7.07. The molecule has 1 aliphatic carbocycles. The van der Waals surface area contributed by atoms with Gasteiger partial charge in [-0.25, -0.2) is 15.0 Å². The Morgan fingerprint density at radius 2 is 1.90 bits per heavy atom. The third kappa shape index (κ3) is 6.65. The van der Waals surface area contributed by atoms with Crippen LogP contribution >= 0.6 is 22.9 Å². The number of benzene rings is 1. The van der Waals surface area contributed by atoms with E-state index in [0.29, 0.717) is 46.4 Å².